The minimum atomic E-state index is -4.72. The van der Waals surface area contributed by atoms with Crippen LogP contribution in [0.5, 0.6) is 0 Å². The summed E-state index contributed by atoms with van der Waals surface area (Å²) in [6, 6.07) is 0.518. The topological polar surface area (TPSA) is 77.4 Å². The maximum absolute atomic E-state index is 13.0. The second-order valence-electron chi connectivity index (χ2n) is 6.82. The number of esters is 1. The molecule has 2 aromatic rings. The maximum Gasteiger partial charge on any atom is 0.417 e. The number of ether oxygens (including phenoxy) is 1. The van der Waals surface area contributed by atoms with E-state index in [9.17, 15) is 27.6 Å². The highest BCUT2D eigenvalue weighted by Crippen LogP contribution is 2.38. The summed E-state index contributed by atoms with van der Waals surface area (Å²) >= 11 is 6.86. The van der Waals surface area contributed by atoms with Crippen LogP contribution in [-0.2, 0) is 35.1 Å². The van der Waals surface area contributed by atoms with Crippen LogP contribution in [-0.4, -0.2) is 23.6 Å². The summed E-state index contributed by atoms with van der Waals surface area (Å²) in [6.07, 6.45) is 0.150. The van der Waals surface area contributed by atoms with Gasteiger partial charge in [0.1, 0.15) is 16.6 Å². The van der Waals surface area contributed by atoms with Gasteiger partial charge in [0.2, 0.25) is 5.91 Å². The largest absolute Gasteiger partial charge is 0.465 e. The predicted octanol–water partition coefficient (Wildman–Crippen LogP) is 4.28. The molecule has 1 aliphatic carbocycles. The highest BCUT2D eigenvalue weighted by molar-refractivity contribution is 7.17. The molecule has 6 nitrogen and oxygen atoms in total. The quantitative estimate of drug-likeness (QED) is 0.543. The molecule has 0 atom stereocenters. The van der Waals surface area contributed by atoms with Crippen molar-refractivity contribution in [1.82, 2.24) is 4.57 Å². The van der Waals surface area contributed by atoms with E-state index in [0.717, 1.165) is 36.1 Å². The van der Waals surface area contributed by atoms with Crippen LogP contribution in [0.3, 0.4) is 0 Å². The summed E-state index contributed by atoms with van der Waals surface area (Å²) in [5.41, 5.74) is -0.964. The molecule has 0 bridgehead atoms. The summed E-state index contributed by atoms with van der Waals surface area (Å²) < 4.78 is 44.4. The smallest absolute Gasteiger partial charge is 0.417 e. The fraction of sp³-hybridized carbons (Fsp3) is 0.421. The number of pyridine rings is 1. The number of aryl methyl sites for hydroxylation is 1. The Morgan fingerprint density at radius 2 is 1.97 bits per heavy atom. The van der Waals surface area contributed by atoms with E-state index < -0.39 is 40.7 Å². The number of hydrogen-bond acceptors (Lipinski definition) is 5. The lowest BCUT2D eigenvalue weighted by Gasteiger charge is -2.12. The number of nitrogens with zero attached hydrogens (tertiary/aromatic N) is 1. The molecule has 0 spiro atoms. The van der Waals surface area contributed by atoms with Crippen molar-refractivity contribution < 1.29 is 27.5 Å². The molecule has 30 heavy (non-hydrogen) atoms. The van der Waals surface area contributed by atoms with Crippen molar-refractivity contribution in [2.45, 2.75) is 44.8 Å². The Morgan fingerprint density at radius 3 is 2.63 bits per heavy atom. The Morgan fingerprint density at radius 1 is 1.27 bits per heavy atom. The Labute approximate surface area is 178 Å². The molecule has 2 aromatic heterocycles. The van der Waals surface area contributed by atoms with E-state index in [1.807, 2.05) is 0 Å². The van der Waals surface area contributed by atoms with Crippen molar-refractivity contribution in [1.29, 1.82) is 0 Å². The van der Waals surface area contributed by atoms with E-state index in [-0.39, 0.29) is 10.6 Å². The monoisotopic (exact) mass is 462 g/mol. The molecule has 3 rings (SSSR count). The van der Waals surface area contributed by atoms with Crippen LogP contribution in [0.25, 0.3) is 0 Å². The van der Waals surface area contributed by atoms with Gasteiger partial charge in [-0.25, -0.2) is 4.79 Å². The molecule has 0 fully saturated rings. The molecule has 0 saturated heterocycles. The third-order valence-corrected chi connectivity index (χ3v) is 6.23. The zero-order valence-corrected chi connectivity index (χ0v) is 17.5. The van der Waals surface area contributed by atoms with Gasteiger partial charge in [-0.05, 0) is 37.3 Å². The fourth-order valence-corrected chi connectivity index (χ4v) is 4.86. The fourth-order valence-electron chi connectivity index (χ4n) is 3.34. The number of aromatic nitrogens is 1. The van der Waals surface area contributed by atoms with Gasteiger partial charge >= 0.3 is 12.1 Å². The number of anilines is 1. The summed E-state index contributed by atoms with van der Waals surface area (Å²) in [6.45, 7) is -0.689. The van der Waals surface area contributed by atoms with Crippen LogP contribution in [0.2, 0.25) is 5.02 Å². The number of methoxy groups -OCH3 is 1. The molecular weight excluding hydrogens is 445 g/mol. The number of halogens is 4. The lowest BCUT2D eigenvalue weighted by molar-refractivity contribution is -0.138. The number of amides is 1. The number of nitrogens with one attached hydrogen (secondary N) is 1. The zero-order valence-electron chi connectivity index (χ0n) is 15.9. The standard InChI is InChI=1S/C19H18ClF3N2O4S/c1-29-18(28)15-11-5-3-2-4-6-13(11)30-16(15)24-14(26)9-25-8-10(19(21,22)23)7-12(20)17(25)27/h7-8H,2-6,9H2,1H3,(H,24,26). The molecule has 2 heterocycles. The Hall–Kier alpha value is -2.33. The number of rotatable bonds is 4. The Kier molecular flexibility index (Phi) is 6.56. The van der Waals surface area contributed by atoms with Crippen LogP contribution in [0.1, 0.15) is 45.6 Å². The number of carbonyl (C=O) groups is 2. The molecule has 11 heteroatoms. The molecule has 0 saturated carbocycles. The first-order valence-electron chi connectivity index (χ1n) is 9.11. The Bertz CT molecular complexity index is 1050. The maximum atomic E-state index is 13.0. The van der Waals surface area contributed by atoms with Gasteiger partial charge in [0.15, 0.2) is 0 Å². The van der Waals surface area contributed by atoms with Crippen molar-refractivity contribution in [3.63, 3.8) is 0 Å². The van der Waals surface area contributed by atoms with Crippen molar-refractivity contribution in [3.05, 3.63) is 49.2 Å². The number of alkyl halides is 3. The minimum absolute atomic E-state index is 0.266. The molecule has 0 aliphatic heterocycles. The Balaban J connectivity index is 1.90. The van der Waals surface area contributed by atoms with E-state index in [0.29, 0.717) is 23.3 Å². The van der Waals surface area contributed by atoms with Gasteiger partial charge in [-0.15, -0.1) is 11.3 Å². The first-order chi connectivity index (χ1) is 14.1. The van der Waals surface area contributed by atoms with Crippen molar-refractivity contribution >= 4 is 39.8 Å². The highest BCUT2D eigenvalue weighted by Gasteiger charge is 2.32. The summed E-state index contributed by atoms with van der Waals surface area (Å²) in [5.74, 6) is -1.35. The van der Waals surface area contributed by atoms with Gasteiger partial charge in [-0.3, -0.25) is 9.59 Å². The molecule has 0 aromatic carbocycles. The first kappa shape index (κ1) is 22.4. The molecule has 1 aliphatic rings. The van der Waals surface area contributed by atoms with Crippen molar-refractivity contribution in [2.24, 2.45) is 0 Å². The number of thiophene rings is 1. The normalized spacial score (nSPS) is 14.0. The minimum Gasteiger partial charge on any atom is -0.465 e. The first-order valence-corrected chi connectivity index (χ1v) is 10.3. The summed E-state index contributed by atoms with van der Waals surface area (Å²) in [5, 5.41) is 2.18. The van der Waals surface area contributed by atoms with Crippen molar-refractivity contribution in [2.75, 3.05) is 12.4 Å². The van der Waals surface area contributed by atoms with Crippen LogP contribution < -0.4 is 10.9 Å². The zero-order chi connectivity index (χ0) is 22.1. The molecule has 0 unspecified atom stereocenters. The van der Waals surface area contributed by atoms with Crippen LogP contribution in [0.15, 0.2) is 17.1 Å². The van der Waals surface area contributed by atoms with E-state index in [2.05, 4.69) is 5.32 Å². The number of fused-ring (bicyclic) bond motifs is 1. The average molecular weight is 463 g/mol. The highest BCUT2D eigenvalue weighted by atomic mass is 35.5. The molecule has 0 radical (unpaired) electrons. The van der Waals surface area contributed by atoms with E-state index in [1.165, 1.54) is 18.4 Å². The van der Waals surface area contributed by atoms with E-state index in [4.69, 9.17) is 16.3 Å². The number of hydrogen-bond donors (Lipinski definition) is 1. The lowest BCUT2D eigenvalue weighted by atomic mass is 10.1. The van der Waals surface area contributed by atoms with Crippen LogP contribution in [0, 0.1) is 0 Å². The van der Waals surface area contributed by atoms with E-state index in [1.54, 1.807) is 0 Å². The van der Waals surface area contributed by atoms with Gasteiger partial charge in [0.05, 0.1) is 18.2 Å². The second-order valence-corrected chi connectivity index (χ2v) is 8.33. The third-order valence-electron chi connectivity index (χ3n) is 4.75. The molecule has 1 N–H and O–H groups in total. The van der Waals surface area contributed by atoms with Gasteiger partial charge in [0.25, 0.3) is 5.56 Å². The lowest BCUT2D eigenvalue weighted by Crippen LogP contribution is -2.29. The molecular formula is C19H18ClF3N2O4S. The summed E-state index contributed by atoms with van der Waals surface area (Å²) in [7, 11) is 1.24. The van der Waals surface area contributed by atoms with Gasteiger partial charge in [-0.1, -0.05) is 18.0 Å². The second kappa shape index (κ2) is 8.81. The molecule has 162 valence electrons. The predicted molar refractivity (Wildman–Crippen MR) is 106 cm³/mol. The van der Waals surface area contributed by atoms with Gasteiger partial charge in [0, 0.05) is 11.1 Å². The summed E-state index contributed by atoms with van der Waals surface area (Å²) in [4.78, 5) is 37.9. The average Bonchev–Trinajstić information content (AvgIpc) is 2.84. The van der Waals surface area contributed by atoms with Crippen molar-refractivity contribution in [3.8, 4) is 0 Å². The molecule has 1 amide bonds. The van der Waals surface area contributed by atoms with Crippen LogP contribution >= 0.6 is 22.9 Å². The number of carbonyl (C=O) groups excluding carboxylic acids is 2. The van der Waals surface area contributed by atoms with Gasteiger partial charge < -0.3 is 14.6 Å². The van der Waals surface area contributed by atoms with Gasteiger partial charge in [-0.2, -0.15) is 13.2 Å². The van der Waals surface area contributed by atoms with Crippen LogP contribution in [0.4, 0.5) is 18.2 Å². The SMILES string of the molecule is COC(=O)c1c(NC(=O)Cn2cc(C(F)(F)F)cc(Cl)c2=O)sc2c1CCCCC2. The van der Waals surface area contributed by atoms with E-state index >= 15 is 0 Å². The third kappa shape index (κ3) is 4.70.